The number of sulfonamides is 1. The van der Waals surface area contributed by atoms with E-state index >= 15 is 0 Å². The fraction of sp³-hybridized carbons (Fsp3) is 0.455. The van der Waals surface area contributed by atoms with E-state index < -0.39 is 10.0 Å². The predicted molar refractivity (Wildman–Crippen MR) is 67.0 cm³/mol. The minimum Gasteiger partial charge on any atom is -0.399 e. The molecule has 0 radical (unpaired) electrons. The average Bonchev–Trinajstić information content (AvgIpc) is 2.24. The van der Waals surface area contributed by atoms with Gasteiger partial charge in [0.15, 0.2) is 0 Å². The summed E-state index contributed by atoms with van der Waals surface area (Å²) in [4.78, 5) is 0.153. The molecule has 0 bridgehead atoms. The maximum atomic E-state index is 11.9. The molecule has 0 aliphatic heterocycles. The van der Waals surface area contributed by atoms with Crippen molar-refractivity contribution in [3.05, 3.63) is 23.8 Å². The number of nitrogens with two attached hydrogens (primary N) is 1. The number of hydrogen-bond donors (Lipinski definition) is 3. The van der Waals surface area contributed by atoms with Gasteiger partial charge < -0.3 is 10.8 Å². The molecule has 5 nitrogen and oxygen atoms in total. The highest BCUT2D eigenvalue weighted by Gasteiger charge is 2.15. The molecule has 1 atom stereocenters. The van der Waals surface area contributed by atoms with Gasteiger partial charge in [0.25, 0.3) is 0 Å². The van der Waals surface area contributed by atoms with Gasteiger partial charge in [-0.05, 0) is 36.6 Å². The topological polar surface area (TPSA) is 92.4 Å². The number of aliphatic hydroxyl groups is 1. The fourth-order valence-corrected chi connectivity index (χ4v) is 2.63. The van der Waals surface area contributed by atoms with Crippen molar-refractivity contribution in [3.63, 3.8) is 0 Å². The highest BCUT2D eigenvalue weighted by Crippen LogP contribution is 2.16. The van der Waals surface area contributed by atoms with Crippen molar-refractivity contribution in [2.45, 2.75) is 18.7 Å². The van der Waals surface area contributed by atoms with Crippen LogP contribution < -0.4 is 10.5 Å². The summed E-state index contributed by atoms with van der Waals surface area (Å²) in [6, 6.07) is 4.68. The molecule has 4 N–H and O–H groups in total. The largest absolute Gasteiger partial charge is 0.399 e. The number of benzene rings is 1. The maximum Gasteiger partial charge on any atom is 0.240 e. The zero-order valence-electron chi connectivity index (χ0n) is 9.97. The number of rotatable bonds is 5. The third kappa shape index (κ3) is 3.99. The monoisotopic (exact) mass is 258 g/mol. The Bertz CT molecular complexity index is 465. The smallest absolute Gasteiger partial charge is 0.240 e. The molecule has 0 heterocycles. The number of hydrogen-bond acceptors (Lipinski definition) is 4. The van der Waals surface area contributed by atoms with Gasteiger partial charge in [-0.25, -0.2) is 13.1 Å². The molecule has 0 aromatic heterocycles. The van der Waals surface area contributed by atoms with Crippen LogP contribution in [0.2, 0.25) is 0 Å². The first-order valence-corrected chi connectivity index (χ1v) is 6.81. The molecule has 1 unspecified atom stereocenters. The van der Waals surface area contributed by atoms with Crippen LogP contribution >= 0.6 is 0 Å². The molecule has 0 aliphatic carbocycles. The van der Waals surface area contributed by atoms with E-state index in [0.717, 1.165) is 5.56 Å². The minimum atomic E-state index is -3.55. The Kier molecular flexibility index (Phi) is 4.50. The first-order chi connectivity index (χ1) is 7.85. The molecule has 0 fully saturated rings. The van der Waals surface area contributed by atoms with Crippen LogP contribution in [0.1, 0.15) is 12.5 Å². The van der Waals surface area contributed by atoms with E-state index in [0.29, 0.717) is 5.69 Å². The quantitative estimate of drug-likeness (QED) is 0.670. The van der Waals surface area contributed by atoms with Gasteiger partial charge in [0.2, 0.25) is 10.0 Å². The Morgan fingerprint density at radius 3 is 2.59 bits per heavy atom. The van der Waals surface area contributed by atoms with Crippen LogP contribution in [-0.4, -0.2) is 26.7 Å². The average molecular weight is 258 g/mol. The Morgan fingerprint density at radius 1 is 1.41 bits per heavy atom. The first-order valence-electron chi connectivity index (χ1n) is 5.33. The van der Waals surface area contributed by atoms with Crippen LogP contribution in [0.15, 0.2) is 23.1 Å². The number of anilines is 1. The second-order valence-electron chi connectivity index (χ2n) is 4.22. The molecule has 0 spiro atoms. The van der Waals surface area contributed by atoms with Gasteiger partial charge in [-0.1, -0.05) is 6.92 Å². The van der Waals surface area contributed by atoms with Crippen molar-refractivity contribution in [2.75, 3.05) is 18.9 Å². The highest BCUT2D eigenvalue weighted by molar-refractivity contribution is 7.89. The van der Waals surface area contributed by atoms with E-state index in [1.54, 1.807) is 26.0 Å². The SMILES string of the molecule is Cc1cc(N)cc(S(=O)(=O)NCC(C)CO)c1. The second-order valence-corrected chi connectivity index (χ2v) is 5.99. The third-order valence-electron chi connectivity index (χ3n) is 2.32. The zero-order chi connectivity index (χ0) is 13.1. The lowest BCUT2D eigenvalue weighted by Gasteiger charge is -2.11. The first kappa shape index (κ1) is 14.0. The molecule has 0 saturated carbocycles. The molecule has 0 amide bonds. The maximum absolute atomic E-state index is 11.9. The molecule has 0 aliphatic rings. The Labute approximate surface area is 102 Å². The highest BCUT2D eigenvalue weighted by atomic mass is 32.2. The summed E-state index contributed by atoms with van der Waals surface area (Å²) in [6.45, 7) is 3.68. The van der Waals surface area contributed by atoms with Gasteiger partial charge in [-0.15, -0.1) is 0 Å². The van der Waals surface area contributed by atoms with Crippen LogP contribution in [0, 0.1) is 12.8 Å². The number of aryl methyl sites for hydroxylation is 1. The molecule has 1 aromatic rings. The van der Waals surface area contributed by atoms with Crippen molar-refractivity contribution < 1.29 is 13.5 Å². The summed E-state index contributed by atoms with van der Waals surface area (Å²) in [6.07, 6.45) is 0. The predicted octanol–water partition coefficient (Wildman–Crippen LogP) is 0.484. The summed E-state index contributed by atoms with van der Waals surface area (Å²) >= 11 is 0. The van der Waals surface area contributed by atoms with Crippen molar-refractivity contribution in [1.82, 2.24) is 4.72 Å². The Hall–Kier alpha value is -1.11. The lowest BCUT2D eigenvalue weighted by molar-refractivity contribution is 0.238. The third-order valence-corrected chi connectivity index (χ3v) is 3.72. The Morgan fingerprint density at radius 2 is 2.06 bits per heavy atom. The lowest BCUT2D eigenvalue weighted by atomic mass is 10.2. The van der Waals surface area contributed by atoms with Gasteiger partial charge >= 0.3 is 0 Å². The van der Waals surface area contributed by atoms with Gasteiger partial charge in [0.05, 0.1) is 4.90 Å². The summed E-state index contributed by atoms with van der Waals surface area (Å²) < 4.78 is 26.3. The summed E-state index contributed by atoms with van der Waals surface area (Å²) in [5.41, 5.74) is 6.82. The fourth-order valence-electron chi connectivity index (χ4n) is 1.33. The van der Waals surface area contributed by atoms with Crippen LogP contribution in [-0.2, 0) is 10.0 Å². The molecule has 1 rings (SSSR count). The molecule has 0 saturated heterocycles. The van der Waals surface area contributed by atoms with E-state index in [2.05, 4.69) is 4.72 Å². The second kappa shape index (κ2) is 5.48. The van der Waals surface area contributed by atoms with Gasteiger partial charge in [0, 0.05) is 18.8 Å². The number of nitrogen functional groups attached to an aromatic ring is 1. The summed E-state index contributed by atoms with van der Waals surface area (Å²) in [7, 11) is -3.55. The number of aliphatic hydroxyl groups excluding tert-OH is 1. The van der Waals surface area contributed by atoms with Crippen molar-refractivity contribution in [1.29, 1.82) is 0 Å². The van der Waals surface area contributed by atoms with E-state index in [1.165, 1.54) is 6.07 Å². The van der Waals surface area contributed by atoms with E-state index in [4.69, 9.17) is 10.8 Å². The molecule has 1 aromatic carbocycles. The standard InChI is InChI=1S/C11H18N2O3S/c1-8-3-10(12)5-11(4-8)17(15,16)13-6-9(2)7-14/h3-5,9,13-14H,6-7,12H2,1-2H3. The Balaban J connectivity index is 2.89. The summed E-state index contributed by atoms with van der Waals surface area (Å²) in [5, 5.41) is 8.84. The minimum absolute atomic E-state index is 0.0571. The van der Waals surface area contributed by atoms with Crippen molar-refractivity contribution in [2.24, 2.45) is 5.92 Å². The van der Waals surface area contributed by atoms with Crippen molar-refractivity contribution >= 4 is 15.7 Å². The normalized spacial score (nSPS) is 13.6. The van der Waals surface area contributed by atoms with Crippen LogP contribution in [0.4, 0.5) is 5.69 Å². The van der Waals surface area contributed by atoms with Gasteiger partial charge in [0.1, 0.15) is 0 Å². The van der Waals surface area contributed by atoms with Crippen LogP contribution in [0.5, 0.6) is 0 Å². The van der Waals surface area contributed by atoms with E-state index in [1.807, 2.05) is 0 Å². The summed E-state index contributed by atoms with van der Waals surface area (Å²) in [5.74, 6) is -0.119. The molecule has 96 valence electrons. The molecular formula is C11H18N2O3S. The van der Waals surface area contributed by atoms with E-state index in [9.17, 15) is 8.42 Å². The van der Waals surface area contributed by atoms with Crippen LogP contribution in [0.3, 0.4) is 0 Å². The molecular weight excluding hydrogens is 240 g/mol. The number of nitrogens with one attached hydrogen (secondary N) is 1. The molecule has 6 heteroatoms. The van der Waals surface area contributed by atoms with Crippen molar-refractivity contribution in [3.8, 4) is 0 Å². The zero-order valence-corrected chi connectivity index (χ0v) is 10.8. The van der Waals surface area contributed by atoms with E-state index in [-0.39, 0.29) is 24.0 Å². The lowest BCUT2D eigenvalue weighted by Crippen LogP contribution is -2.29. The molecule has 17 heavy (non-hydrogen) atoms. The van der Waals surface area contributed by atoms with Gasteiger partial charge in [-0.2, -0.15) is 0 Å². The van der Waals surface area contributed by atoms with Gasteiger partial charge in [-0.3, -0.25) is 0 Å². The van der Waals surface area contributed by atoms with Crippen LogP contribution in [0.25, 0.3) is 0 Å².